The van der Waals surface area contributed by atoms with Crippen LogP contribution in [-0.4, -0.2) is 36.5 Å². The highest BCUT2D eigenvalue weighted by Gasteiger charge is 2.23. The smallest absolute Gasteiger partial charge is 0.251 e. The van der Waals surface area contributed by atoms with Crippen molar-refractivity contribution in [2.24, 2.45) is 0 Å². The van der Waals surface area contributed by atoms with E-state index < -0.39 is 0 Å². The van der Waals surface area contributed by atoms with Gasteiger partial charge in [-0.2, -0.15) is 5.26 Å². The van der Waals surface area contributed by atoms with Gasteiger partial charge in [0.05, 0.1) is 11.6 Å². The molecule has 1 aliphatic heterocycles. The summed E-state index contributed by atoms with van der Waals surface area (Å²) < 4.78 is 0. The third-order valence-electron chi connectivity index (χ3n) is 3.68. The Morgan fingerprint density at radius 3 is 2.84 bits per heavy atom. The van der Waals surface area contributed by atoms with Gasteiger partial charge in [-0.05, 0) is 50.2 Å². The van der Waals surface area contributed by atoms with Gasteiger partial charge in [0.25, 0.3) is 5.91 Å². The van der Waals surface area contributed by atoms with Crippen LogP contribution in [0.4, 0.5) is 0 Å². The van der Waals surface area contributed by atoms with Crippen molar-refractivity contribution in [3.05, 3.63) is 35.4 Å². The zero-order valence-electron chi connectivity index (χ0n) is 11.2. The summed E-state index contributed by atoms with van der Waals surface area (Å²) in [4.78, 5) is 14.4. The average molecular weight is 257 g/mol. The molecule has 0 radical (unpaired) electrons. The van der Waals surface area contributed by atoms with Gasteiger partial charge in [-0.1, -0.05) is 6.92 Å². The van der Waals surface area contributed by atoms with Crippen LogP contribution in [0.5, 0.6) is 0 Å². The maximum absolute atomic E-state index is 12.0. The van der Waals surface area contributed by atoms with Crippen molar-refractivity contribution in [3.8, 4) is 6.07 Å². The monoisotopic (exact) mass is 257 g/mol. The first kappa shape index (κ1) is 13.6. The van der Waals surface area contributed by atoms with E-state index in [9.17, 15) is 4.79 Å². The Morgan fingerprint density at radius 1 is 1.47 bits per heavy atom. The highest BCUT2D eigenvalue weighted by atomic mass is 16.1. The first-order chi connectivity index (χ1) is 9.24. The normalized spacial score (nSPS) is 19.1. The lowest BCUT2D eigenvalue weighted by atomic mass is 10.1. The van der Waals surface area contributed by atoms with E-state index >= 15 is 0 Å². The fraction of sp³-hybridized carbons (Fsp3) is 0.467. The number of benzene rings is 1. The molecule has 1 amide bonds. The minimum atomic E-state index is -0.0626. The Morgan fingerprint density at radius 2 is 2.21 bits per heavy atom. The van der Waals surface area contributed by atoms with E-state index in [1.807, 2.05) is 6.07 Å². The number of nitriles is 1. The number of likely N-dealkylation sites (tertiary alicyclic amines) is 1. The summed E-state index contributed by atoms with van der Waals surface area (Å²) in [7, 11) is 0. The number of rotatable bonds is 4. The number of nitrogens with one attached hydrogen (secondary N) is 1. The van der Waals surface area contributed by atoms with Crippen molar-refractivity contribution < 1.29 is 4.79 Å². The molecular formula is C15H19N3O. The van der Waals surface area contributed by atoms with Crippen molar-refractivity contribution in [3.63, 3.8) is 0 Å². The molecule has 1 N–H and O–H groups in total. The summed E-state index contributed by atoms with van der Waals surface area (Å²) in [6.07, 6.45) is 2.37. The fourth-order valence-electron chi connectivity index (χ4n) is 2.55. The molecule has 1 saturated heterocycles. The number of carbonyl (C=O) groups is 1. The van der Waals surface area contributed by atoms with Crippen LogP contribution in [0.15, 0.2) is 24.3 Å². The third kappa shape index (κ3) is 3.33. The predicted octanol–water partition coefficient (Wildman–Crippen LogP) is 1.77. The predicted molar refractivity (Wildman–Crippen MR) is 73.8 cm³/mol. The summed E-state index contributed by atoms with van der Waals surface area (Å²) in [5, 5.41) is 11.7. The van der Waals surface area contributed by atoms with E-state index in [2.05, 4.69) is 17.1 Å². The molecule has 1 heterocycles. The molecule has 0 aromatic heterocycles. The van der Waals surface area contributed by atoms with Crippen LogP contribution in [0.25, 0.3) is 0 Å². The van der Waals surface area contributed by atoms with Gasteiger partial charge < -0.3 is 5.32 Å². The molecular weight excluding hydrogens is 238 g/mol. The highest BCUT2D eigenvalue weighted by Crippen LogP contribution is 2.15. The maximum atomic E-state index is 12.0. The fourth-order valence-corrected chi connectivity index (χ4v) is 2.55. The minimum absolute atomic E-state index is 0.0626. The molecule has 1 fully saturated rings. The van der Waals surface area contributed by atoms with E-state index in [4.69, 9.17) is 5.26 Å². The maximum Gasteiger partial charge on any atom is 0.251 e. The van der Waals surface area contributed by atoms with E-state index in [1.54, 1.807) is 24.3 Å². The van der Waals surface area contributed by atoms with E-state index in [0.717, 1.165) is 19.5 Å². The van der Waals surface area contributed by atoms with Crippen molar-refractivity contribution in [2.75, 3.05) is 19.6 Å². The number of hydrogen-bond donors (Lipinski definition) is 1. The Bertz CT molecular complexity index is 475. The lowest BCUT2D eigenvalue weighted by Crippen LogP contribution is -2.40. The standard InChI is InChI=1S/C15H19N3O/c1-2-18-9-3-4-14(18)11-17-15(19)13-7-5-12(10-16)6-8-13/h5-8,14H,2-4,9,11H2,1H3,(H,17,19). The zero-order valence-corrected chi connectivity index (χ0v) is 11.2. The van der Waals surface area contributed by atoms with Crippen LogP contribution in [0.2, 0.25) is 0 Å². The lowest BCUT2D eigenvalue weighted by Gasteiger charge is -2.22. The SMILES string of the molecule is CCN1CCCC1CNC(=O)c1ccc(C#N)cc1. The van der Waals surface area contributed by atoms with Gasteiger partial charge in [0.1, 0.15) is 0 Å². The molecule has 1 aromatic rings. The Kier molecular flexibility index (Phi) is 4.53. The molecule has 1 atom stereocenters. The molecule has 4 heteroatoms. The van der Waals surface area contributed by atoms with Gasteiger partial charge in [0.2, 0.25) is 0 Å². The highest BCUT2D eigenvalue weighted by molar-refractivity contribution is 5.94. The van der Waals surface area contributed by atoms with Crippen LogP contribution in [0, 0.1) is 11.3 Å². The quantitative estimate of drug-likeness (QED) is 0.894. The van der Waals surface area contributed by atoms with E-state index in [1.165, 1.54) is 6.42 Å². The van der Waals surface area contributed by atoms with Crippen molar-refractivity contribution in [1.82, 2.24) is 10.2 Å². The molecule has 2 rings (SSSR count). The largest absolute Gasteiger partial charge is 0.350 e. The molecule has 4 nitrogen and oxygen atoms in total. The number of nitrogens with zero attached hydrogens (tertiary/aromatic N) is 2. The van der Waals surface area contributed by atoms with E-state index in [0.29, 0.717) is 23.7 Å². The van der Waals surface area contributed by atoms with Crippen LogP contribution < -0.4 is 5.32 Å². The van der Waals surface area contributed by atoms with Gasteiger partial charge in [-0.25, -0.2) is 0 Å². The molecule has 100 valence electrons. The van der Waals surface area contributed by atoms with Gasteiger partial charge in [-0.3, -0.25) is 9.69 Å². The van der Waals surface area contributed by atoms with Gasteiger partial charge in [-0.15, -0.1) is 0 Å². The number of amides is 1. The first-order valence-electron chi connectivity index (χ1n) is 6.77. The van der Waals surface area contributed by atoms with E-state index in [-0.39, 0.29) is 5.91 Å². The second kappa shape index (κ2) is 6.35. The first-order valence-corrected chi connectivity index (χ1v) is 6.77. The Balaban J connectivity index is 1.88. The summed E-state index contributed by atoms with van der Waals surface area (Å²) in [6, 6.07) is 9.24. The zero-order chi connectivity index (χ0) is 13.7. The second-order valence-corrected chi connectivity index (χ2v) is 4.82. The van der Waals surface area contributed by atoms with Crippen LogP contribution in [0.1, 0.15) is 35.7 Å². The average Bonchev–Trinajstić information content (AvgIpc) is 2.92. The molecule has 1 aliphatic rings. The van der Waals surface area contributed by atoms with Gasteiger partial charge in [0, 0.05) is 18.2 Å². The number of carbonyl (C=O) groups excluding carboxylic acids is 1. The topological polar surface area (TPSA) is 56.1 Å². The summed E-state index contributed by atoms with van der Waals surface area (Å²) in [5.74, 6) is -0.0626. The molecule has 19 heavy (non-hydrogen) atoms. The number of hydrogen-bond acceptors (Lipinski definition) is 3. The summed E-state index contributed by atoms with van der Waals surface area (Å²) in [5.41, 5.74) is 1.18. The van der Waals surface area contributed by atoms with Crippen LogP contribution >= 0.6 is 0 Å². The Hall–Kier alpha value is -1.86. The molecule has 0 spiro atoms. The third-order valence-corrected chi connectivity index (χ3v) is 3.68. The summed E-state index contributed by atoms with van der Waals surface area (Å²) in [6.45, 7) is 5.03. The Labute approximate surface area is 114 Å². The molecule has 0 saturated carbocycles. The summed E-state index contributed by atoms with van der Waals surface area (Å²) >= 11 is 0. The number of likely N-dealkylation sites (N-methyl/N-ethyl adjacent to an activating group) is 1. The van der Waals surface area contributed by atoms with Crippen LogP contribution in [-0.2, 0) is 0 Å². The molecule has 0 bridgehead atoms. The van der Waals surface area contributed by atoms with Crippen molar-refractivity contribution in [1.29, 1.82) is 5.26 Å². The van der Waals surface area contributed by atoms with Gasteiger partial charge >= 0.3 is 0 Å². The lowest BCUT2D eigenvalue weighted by molar-refractivity contribution is 0.0941. The molecule has 1 unspecified atom stereocenters. The minimum Gasteiger partial charge on any atom is -0.350 e. The molecule has 0 aliphatic carbocycles. The van der Waals surface area contributed by atoms with Crippen molar-refractivity contribution in [2.45, 2.75) is 25.8 Å². The van der Waals surface area contributed by atoms with Gasteiger partial charge in [0.15, 0.2) is 0 Å². The van der Waals surface area contributed by atoms with Crippen LogP contribution in [0.3, 0.4) is 0 Å². The van der Waals surface area contributed by atoms with Crippen molar-refractivity contribution >= 4 is 5.91 Å². The second-order valence-electron chi connectivity index (χ2n) is 4.82. The molecule has 1 aromatic carbocycles.